The molecule has 0 saturated heterocycles. The second kappa shape index (κ2) is 8.64. The van der Waals surface area contributed by atoms with E-state index in [0.29, 0.717) is 17.8 Å². The molecule has 4 rings (SSSR count). The molecule has 0 spiro atoms. The average Bonchev–Trinajstić information content (AvgIpc) is 3.00. The number of aromatic carboxylic acids is 1. The van der Waals surface area contributed by atoms with Gasteiger partial charge >= 0.3 is 5.97 Å². The largest absolute Gasteiger partial charge is 0.497 e. The summed E-state index contributed by atoms with van der Waals surface area (Å²) < 4.78 is 6.75. The van der Waals surface area contributed by atoms with Gasteiger partial charge in [-0.05, 0) is 64.0 Å². The lowest BCUT2D eigenvalue weighted by atomic mass is 10.1. The first-order chi connectivity index (χ1) is 14.9. The molecule has 0 radical (unpaired) electrons. The molecule has 1 N–H and O–H groups in total. The van der Waals surface area contributed by atoms with E-state index in [1.165, 1.54) is 12.1 Å². The number of halogens is 2. The number of ether oxygens (including phenoxy) is 1. The van der Waals surface area contributed by atoms with Crippen LogP contribution in [0.2, 0.25) is 0 Å². The van der Waals surface area contributed by atoms with Gasteiger partial charge in [0.05, 0.1) is 30.6 Å². The zero-order chi connectivity index (χ0) is 22.1. The summed E-state index contributed by atoms with van der Waals surface area (Å²) in [5.41, 5.74) is 3.09. The van der Waals surface area contributed by atoms with Gasteiger partial charge in [0.2, 0.25) is 0 Å². The lowest BCUT2D eigenvalue weighted by Crippen LogP contribution is -2.29. The number of methoxy groups -OCH3 is 1. The number of anilines is 1. The summed E-state index contributed by atoms with van der Waals surface area (Å²) in [6.45, 7) is 0.351. The number of nitrogens with zero attached hydrogens (tertiary/aromatic N) is 2. The molecule has 6 nitrogen and oxygen atoms in total. The lowest BCUT2D eigenvalue weighted by Gasteiger charge is -2.18. The number of hydrogen-bond acceptors (Lipinski definition) is 4. The monoisotopic (exact) mass is 542 g/mol. The molecule has 31 heavy (non-hydrogen) atoms. The van der Waals surface area contributed by atoms with Crippen molar-refractivity contribution in [1.29, 1.82) is 0 Å². The maximum atomic E-state index is 13.4. The third kappa shape index (κ3) is 4.26. The standard InChI is InChI=1S/C23H16Br2N2O4/c1-31-17-7-5-13(6-8-17)12-27-21-18(10-15(24)11-19(21)25)20(22(27)28)26-16-4-2-3-14(9-16)23(29)30/h2-11H,12H2,1H3,(H,29,30). The molecule has 0 bridgehead atoms. The number of carboxylic acids is 1. The van der Waals surface area contributed by atoms with Gasteiger partial charge in [-0.2, -0.15) is 0 Å². The molecule has 0 unspecified atom stereocenters. The Morgan fingerprint density at radius 2 is 1.84 bits per heavy atom. The summed E-state index contributed by atoms with van der Waals surface area (Å²) in [4.78, 5) is 30.9. The van der Waals surface area contributed by atoms with Crippen LogP contribution < -0.4 is 9.64 Å². The molecule has 0 aromatic heterocycles. The van der Waals surface area contributed by atoms with E-state index >= 15 is 0 Å². The fraction of sp³-hybridized carbons (Fsp3) is 0.0870. The van der Waals surface area contributed by atoms with Crippen LogP contribution in [0.1, 0.15) is 21.5 Å². The fourth-order valence-corrected chi connectivity index (χ4v) is 4.81. The van der Waals surface area contributed by atoms with Crippen LogP contribution in [-0.2, 0) is 11.3 Å². The highest BCUT2D eigenvalue weighted by Gasteiger charge is 2.36. The van der Waals surface area contributed by atoms with Crippen LogP contribution >= 0.6 is 31.9 Å². The topological polar surface area (TPSA) is 79.2 Å². The first-order valence-corrected chi connectivity index (χ1v) is 10.8. The first-order valence-electron chi connectivity index (χ1n) is 9.23. The van der Waals surface area contributed by atoms with Crippen molar-refractivity contribution in [3.05, 3.63) is 86.3 Å². The number of hydrogen-bond donors (Lipinski definition) is 1. The fourth-order valence-electron chi connectivity index (χ4n) is 3.38. The van der Waals surface area contributed by atoms with E-state index in [2.05, 4.69) is 36.9 Å². The summed E-state index contributed by atoms with van der Waals surface area (Å²) in [5.74, 6) is -0.570. The number of carboxylic acid groups (broad SMARTS) is 1. The summed E-state index contributed by atoms with van der Waals surface area (Å²) in [6.07, 6.45) is 0. The molecule has 0 atom stereocenters. The molecule has 3 aromatic rings. The van der Waals surface area contributed by atoms with E-state index < -0.39 is 5.97 Å². The average molecular weight is 544 g/mol. The highest BCUT2D eigenvalue weighted by molar-refractivity contribution is 9.11. The molecular weight excluding hydrogens is 528 g/mol. The van der Waals surface area contributed by atoms with Gasteiger partial charge in [-0.1, -0.05) is 34.1 Å². The van der Waals surface area contributed by atoms with Crippen molar-refractivity contribution in [3.8, 4) is 5.75 Å². The minimum atomic E-state index is -1.05. The van der Waals surface area contributed by atoms with Crippen molar-refractivity contribution in [1.82, 2.24) is 0 Å². The molecule has 156 valence electrons. The van der Waals surface area contributed by atoms with Crippen molar-refractivity contribution in [2.75, 3.05) is 12.0 Å². The second-order valence-corrected chi connectivity index (χ2v) is 8.61. The number of amides is 1. The van der Waals surface area contributed by atoms with Crippen LogP contribution in [0.5, 0.6) is 5.75 Å². The highest BCUT2D eigenvalue weighted by Crippen LogP contribution is 2.40. The Kier molecular flexibility index (Phi) is 5.93. The van der Waals surface area contributed by atoms with Crippen LogP contribution in [0, 0.1) is 0 Å². The maximum absolute atomic E-state index is 13.4. The van der Waals surface area contributed by atoms with Crippen molar-refractivity contribution in [2.45, 2.75) is 6.54 Å². The Hall–Kier alpha value is -2.97. The molecule has 3 aromatic carbocycles. The van der Waals surface area contributed by atoms with Gasteiger partial charge < -0.3 is 14.7 Å². The van der Waals surface area contributed by atoms with Crippen LogP contribution in [0.3, 0.4) is 0 Å². The Labute approximate surface area is 195 Å². The van der Waals surface area contributed by atoms with Gasteiger partial charge in [0, 0.05) is 14.5 Å². The first kappa shape index (κ1) is 21.3. The summed E-state index contributed by atoms with van der Waals surface area (Å²) in [6, 6.07) is 17.4. The van der Waals surface area contributed by atoms with E-state index in [1.807, 2.05) is 36.4 Å². The van der Waals surface area contributed by atoms with Gasteiger partial charge in [-0.3, -0.25) is 4.79 Å². The zero-order valence-electron chi connectivity index (χ0n) is 16.3. The number of benzene rings is 3. The maximum Gasteiger partial charge on any atom is 0.335 e. The molecular formula is C23H16Br2N2O4. The predicted molar refractivity (Wildman–Crippen MR) is 126 cm³/mol. The molecule has 0 saturated carbocycles. The quantitative estimate of drug-likeness (QED) is 0.455. The van der Waals surface area contributed by atoms with Crippen LogP contribution in [-0.4, -0.2) is 29.8 Å². The van der Waals surface area contributed by atoms with E-state index in [9.17, 15) is 14.7 Å². The minimum Gasteiger partial charge on any atom is -0.497 e. The molecule has 1 aliphatic rings. The molecule has 0 fully saturated rings. The number of rotatable bonds is 5. The Balaban J connectivity index is 1.79. The Bertz CT molecular complexity index is 1220. The van der Waals surface area contributed by atoms with Gasteiger partial charge in [0.25, 0.3) is 5.91 Å². The van der Waals surface area contributed by atoms with Crippen molar-refractivity contribution < 1.29 is 19.4 Å². The SMILES string of the molecule is COc1ccc(CN2C(=O)C(=Nc3cccc(C(=O)O)c3)c3cc(Br)cc(Br)c32)cc1. The van der Waals surface area contributed by atoms with Crippen LogP contribution in [0.25, 0.3) is 0 Å². The Morgan fingerprint density at radius 1 is 1.10 bits per heavy atom. The van der Waals surface area contributed by atoms with E-state index in [0.717, 1.165) is 25.9 Å². The van der Waals surface area contributed by atoms with Gasteiger partial charge in [0.15, 0.2) is 0 Å². The van der Waals surface area contributed by atoms with Crippen LogP contribution in [0.15, 0.2) is 74.6 Å². The van der Waals surface area contributed by atoms with E-state index in [-0.39, 0.29) is 17.2 Å². The summed E-state index contributed by atoms with van der Waals surface area (Å²) in [5, 5.41) is 9.25. The highest BCUT2D eigenvalue weighted by atomic mass is 79.9. The smallest absolute Gasteiger partial charge is 0.335 e. The lowest BCUT2D eigenvalue weighted by molar-refractivity contribution is -0.112. The van der Waals surface area contributed by atoms with Gasteiger partial charge in [-0.15, -0.1) is 0 Å². The number of carbonyl (C=O) groups is 2. The minimum absolute atomic E-state index is 0.109. The van der Waals surface area contributed by atoms with E-state index in [1.54, 1.807) is 24.1 Å². The third-order valence-electron chi connectivity index (χ3n) is 4.83. The van der Waals surface area contributed by atoms with E-state index in [4.69, 9.17) is 4.74 Å². The molecule has 8 heteroatoms. The zero-order valence-corrected chi connectivity index (χ0v) is 19.5. The summed E-state index contributed by atoms with van der Waals surface area (Å²) in [7, 11) is 1.60. The molecule has 0 aliphatic carbocycles. The van der Waals surface area contributed by atoms with Crippen molar-refractivity contribution in [3.63, 3.8) is 0 Å². The molecule has 1 heterocycles. The van der Waals surface area contributed by atoms with Gasteiger partial charge in [0.1, 0.15) is 11.5 Å². The second-order valence-electron chi connectivity index (χ2n) is 6.84. The normalized spacial score (nSPS) is 14.1. The number of aliphatic imine (C=N–C) groups is 1. The summed E-state index contributed by atoms with van der Waals surface area (Å²) >= 11 is 7.04. The van der Waals surface area contributed by atoms with Crippen molar-refractivity contribution in [2.24, 2.45) is 4.99 Å². The number of fused-ring (bicyclic) bond motifs is 1. The van der Waals surface area contributed by atoms with Crippen molar-refractivity contribution >= 4 is 60.8 Å². The van der Waals surface area contributed by atoms with Gasteiger partial charge in [-0.25, -0.2) is 9.79 Å². The van der Waals surface area contributed by atoms with Crippen LogP contribution in [0.4, 0.5) is 11.4 Å². The third-order valence-corrected chi connectivity index (χ3v) is 5.90. The molecule has 1 aliphatic heterocycles. The Morgan fingerprint density at radius 3 is 2.52 bits per heavy atom. The molecule has 1 amide bonds. The number of carbonyl (C=O) groups excluding carboxylic acids is 1. The predicted octanol–water partition coefficient (Wildman–Crippen LogP) is 5.59.